The summed E-state index contributed by atoms with van der Waals surface area (Å²) in [7, 11) is 0. The highest BCUT2D eigenvalue weighted by molar-refractivity contribution is 6.30. The first-order chi connectivity index (χ1) is 16.3. The minimum atomic E-state index is -0.910. The number of carbonyl (C=O) groups is 2. The maximum Gasteiger partial charge on any atom is 0.238 e. The molecule has 0 spiro atoms. The normalized spacial score (nSPS) is 23.4. The summed E-state index contributed by atoms with van der Waals surface area (Å²) in [6, 6.07) is 15.0. The number of aryl methyl sites for hydroxylation is 1. The molecule has 2 aliphatic heterocycles. The van der Waals surface area contributed by atoms with Gasteiger partial charge < -0.3 is 19.9 Å². The van der Waals surface area contributed by atoms with Crippen LogP contribution in [0.25, 0.3) is 0 Å². The second-order valence-electron chi connectivity index (χ2n) is 9.01. The first kappa shape index (κ1) is 22.4. The Bertz CT molecular complexity index is 1230. The average molecular weight is 481 g/mol. The Labute approximate surface area is 202 Å². The predicted molar refractivity (Wildman–Crippen MR) is 124 cm³/mol. The van der Waals surface area contributed by atoms with E-state index in [4.69, 9.17) is 26.6 Å². The van der Waals surface area contributed by atoms with Gasteiger partial charge in [0, 0.05) is 36.7 Å². The number of nitrogens with two attached hydrogens (primary N) is 1. The number of halogens is 1. The Balaban J connectivity index is 1.27. The number of piperidine rings is 1. The molecule has 2 N–H and O–H groups in total. The number of likely N-dealkylation sites (tertiary alicyclic amines) is 1. The van der Waals surface area contributed by atoms with Gasteiger partial charge in [-0.2, -0.15) is 4.98 Å². The van der Waals surface area contributed by atoms with E-state index in [-0.39, 0.29) is 11.8 Å². The van der Waals surface area contributed by atoms with Crippen LogP contribution in [0.5, 0.6) is 5.75 Å². The van der Waals surface area contributed by atoms with E-state index >= 15 is 0 Å². The van der Waals surface area contributed by atoms with Crippen molar-refractivity contribution in [2.45, 2.75) is 44.2 Å². The van der Waals surface area contributed by atoms with Crippen LogP contribution in [0.1, 0.15) is 48.5 Å². The van der Waals surface area contributed by atoms with E-state index in [1.54, 1.807) is 4.90 Å². The van der Waals surface area contributed by atoms with Crippen LogP contribution < -0.4 is 10.5 Å². The minimum Gasteiger partial charge on any atom is -0.468 e. The number of primary amides is 1. The zero-order chi connectivity index (χ0) is 23.9. The summed E-state index contributed by atoms with van der Waals surface area (Å²) >= 11 is 5.93. The van der Waals surface area contributed by atoms with Crippen molar-refractivity contribution in [2.75, 3.05) is 6.54 Å². The van der Waals surface area contributed by atoms with Crippen molar-refractivity contribution in [3.63, 3.8) is 0 Å². The summed E-state index contributed by atoms with van der Waals surface area (Å²) in [5.41, 5.74) is 6.72. The van der Waals surface area contributed by atoms with Gasteiger partial charge in [-0.3, -0.25) is 9.59 Å². The van der Waals surface area contributed by atoms with Gasteiger partial charge in [-0.15, -0.1) is 0 Å². The number of benzene rings is 2. The smallest absolute Gasteiger partial charge is 0.238 e. The molecular formula is C25H25ClN4O4. The number of ether oxygens (including phenoxy) is 1. The fraction of sp³-hybridized carbons (Fsp3) is 0.360. The Morgan fingerprint density at radius 2 is 2.00 bits per heavy atom. The van der Waals surface area contributed by atoms with E-state index in [0.717, 1.165) is 11.1 Å². The van der Waals surface area contributed by atoms with Gasteiger partial charge in [-0.05, 0) is 42.7 Å². The summed E-state index contributed by atoms with van der Waals surface area (Å²) in [5.74, 6) is -0.332. The summed E-state index contributed by atoms with van der Waals surface area (Å²) in [6.07, 6.45) is 2.12. The Kier molecular flexibility index (Phi) is 5.77. The maximum absolute atomic E-state index is 13.4. The number of hydrogen-bond acceptors (Lipinski definition) is 6. The third kappa shape index (κ3) is 4.14. The molecular weight excluding hydrogens is 456 g/mol. The molecule has 0 radical (unpaired) electrons. The predicted octanol–water partition coefficient (Wildman–Crippen LogP) is 3.47. The van der Waals surface area contributed by atoms with Crippen LogP contribution in [0.15, 0.2) is 53.1 Å². The number of aromatic nitrogens is 2. The molecule has 5 rings (SSSR count). The highest BCUT2D eigenvalue weighted by atomic mass is 35.5. The second kappa shape index (κ2) is 8.76. The van der Waals surface area contributed by atoms with Gasteiger partial charge in [0.2, 0.25) is 17.7 Å². The fourth-order valence-electron chi connectivity index (χ4n) is 5.02. The minimum absolute atomic E-state index is 0.289. The van der Waals surface area contributed by atoms with Crippen molar-refractivity contribution in [2.24, 2.45) is 11.7 Å². The Hall–Kier alpha value is -3.39. The molecule has 8 nitrogen and oxygen atoms in total. The van der Waals surface area contributed by atoms with Gasteiger partial charge in [0.1, 0.15) is 11.7 Å². The molecule has 2 aromatic carbocycles. The summed E-state index contributed by atoms with van der Waals surface area (Å²) in [4.78, 5) is 31.7. The SMILES string of the molecule is C[C@@]12C[C@@H](c3ccccc3O1)[C@@H](C(N)=O)C(=O)N2CCCc1nc(Cc2ccc(Cl)cc2)no1. The lowest BCUT2D eigenvalue weighted by molar-refractivity contribution is -0.175. The van der Waals surface area contributed by atoms with Crippen molar-refractivity contribution in [3.8, 4) is 5.75 Å². The van der Waals surface area contributed by atoms with E-state index in [9.17, 15) is 9.59 Å². The first-order valence-electron chi connectivity index (χ1n) is 11.3. The molecule has 3 atom stereocenters. The molecule has 1 aromatic heterocycles. The number of rotatable bonds is 7. The van der Waals surface area contributed by atoms with E-state index in [0.29, 0.717) is 54.7 Å². The highest BCUT2D eigenvalue weighted by Crippen LogP contribution is 2.50. The summed E-state index contributed by atoms with van der Waals surface area (Å²) in [6.45, 7) is 2.27. The van der Waals surface area contributed by atoms with Gasteiger partial charge in [-0.25, -0.2) is 0 Å². The molecule has 2 aliphatic rings. The average Bonchev–Trinajstić information content (AvgIpc) is 3.24. The number of hydrogen-bond donors (Lipinski definition) is 1. The standard InChI is InChI=1S/C25H25ClN4O4/c1-25-14-18(17-5-2-3-6-19(17)33-25)22(23(27)31)24(32)30(25)12-4-7-21-28-20(29-34-21)13-15-8-10-16(26)11-9-15/h2-3,5-6,8-11,18,22H,4,7,12-14H2,1H3,(H2,27,31)/t18-,22-,25-/m0/s1. The summed E-state index contributed by atoms with van der Waals surface area (Å²) < 4.78 is 11.7. The number of fused-ring (bicyclic) bond motifs is 4. The number of para-hydroxylation sites is 1. The van der Waals surface area contributed by atoms with Crippen LogP contribution in [-0.2, 0) is 22.4 Å². The van der Waals surface area contributed by atoms with Crippen LogP contribution in [0.2, 0.25) is 5.02 Å². The quantitative estimate of drug-likeness (QED) is 0.518. The second-order valence-corrected chi connectivity index (χ2v) is 9.44. The fourth-order valence-corrected chi connectivity index (χ4v) is 5.14. The molecule has 2 amide bonds. The van der Waals surface area contributed by atoms with Gasteiger partial charge >= 0.3 is 0 Å². The molecule has 0 unspecified atom stereocenters. The molecule has 34 heavy (non-hydrogen) atoms. The van der Waals surface area contributed by atoms with Gasteiger partial charge in [-0.1, -0.05) is 47.1 Å². The van der Waals surface area contributed by atoms with Crippen LogP contribution in [-0.4, -0.2) is 39.1 Å². The van der Waals surface area contributed by atoms with Crippen molar-refractivity contribution >= 4 is 23.4 Å². The molecule has 1 fully saturated rings. The zero-order valence-electron chi connectivity index (χ0n) is 18.7. The lowest BCUT2D eigenvalue weighted by Gasteiger charge is -2.52. The van der Waals surface area contributed by atoms with E-state index in [2.05, 4.69) is 10.1 Å². The van der Waals surface area contributed by atoms with Crippen LogP contribution in [0, 0.1) is 5.92 Å². The molecule has 0 aliphatic carbocycles. The molecule has 1 saturated heterocycles. The van der Waals surface area contributed by atoms with Crippen LogP contribution in [0.3, 0.4) is 0 Å². The van der Waals surface area contributed by atoms with Gasteiger partial charge in [0.25, 0.3) is 0 Å². The Morgan fingerprint density at radius 3 is 2.76 bits per heavy atom. The van der Waals surface area contributed by atoms with E-state index < -0.39 is 17.6 Å². The van der Waals surface area contributed by atoms with Gasteiger partial charge in [0.15, 0.2) is 11.5 Å². The third-order valence-electron chi connectivity index (χ3n) is 6.62. The topological polar surface area (TPSA) is 112 Å². The van der Waals surface area contributed by atoms with E-state index in [1.807, 2.05) is 55.5 Å². The van der Waals surface area contributed by atoms with Crippen LogP contribution >= 0.6 is 11.6 Å². The van der Waals surface area contributed by atoms with Crippen LogP contribution in [0.4, 0.5) is 0 Å². The van der Waals surface area contributed by atoms with Crippen molar-refractivity contribution in [1.29, 1.82) is 0 Å². The molecule has 3 heterocycles. The number of nitrogens with zero attached hydrogens (tertiary/aromatic N) is 3. The van der Waals surface area contributed by atoms with Crippen molar-refractivity contribution < 1.29 is 18.8 Å². The zero-order valence-corrected chi connectivity index (χ0v) is 19.5. The third-order valence-corrected chi connectivity index (χ3v) is 6.87. The lowest BCUT2D eigenvalue weighted by atomic mass is 9.73. The largest absolute Gasteiger partial charge is 0.468 e. The molecule has 2 bridgehead atoms. The van der Waals surface area contributed by atoms with Gasteiger partial charge in [0.05, 0.1) is 0 Å². The van der Waals surface area contributed by atoms with Crippen molar-refractivity contribution in [1.82, 2.24) is 15.0 Å². The number of amides is 2. The maximum atomic E-state index is 13.4. The molecule has 176 valence electrons. The molecule has 9 heteroatoms. The van der Waals surface area contributed by atoms with E-state index in [1.165, 1.54) is 0 Å². The lowest BCUT2D eigenvalue weighted by Crippen LogP contribution is -2.64. The molecule has 3 aromatic rings. The first-order valence-corrected chi connectivity index (χ1v) is 11.7. The monoisotopic (exact) mass is 480 g/mol. The highest BCUT2D eigenvalue weighted by Gasteiger charge is 2.55. The van der Waals surface area contributed by atoms with Crippen molar-refractivity contribution in [3.05, 3.63) is 76.4 Å². The summed E-state index contributed by atoms with van der Waals surface area (Å²) in [5, 5.41) is 4.73. The Morgan fingerprint density at radius 1 is 1.24 bits per heavy atom. The molecule has 0 saturated carbocycles. The number of carbonyl (C=O) groups excluding carboxylic acids is 2.